The summed E-state index contributed by atoms with van der Waals surface area (Å²) in [5, 5.41) is 0.356. The van der Waals surface area contributed by atoms with Crippen molar-refractivity contribution in [3.8, 4) is 5.82 Å². The van der Waals surface area contributed by atoms with Crippen molar-refractivity contribution in [1.82, 2.24) is 9.55 Å². The van der Waals surface area contributed by atoms with Crippen LogP contribution in [0.1, 0.15) is 5.56 Å². The molecular weight excluding hydrogens is 276 g/mol. The monoisotopic (exact) mass is 280 g/mol. The van der Waals surface area contributed by atoms with Gasteiger partial charge in [-0.2, -0.15) is 13.2 Å². The molecular formula is C10H5Cl2F3N2. The second-order valence-electron chi connectivity index (χ2n) is 3.26. The Kier molecular flexibility index (Phi) is 3.05. The zero-order valence-corrected chi connectivity index (χ0v) is 9.68. The standard InChI is InChI=1S/C10H5Cl2F3N2/c11-7-1-2-17(5-7)9-8(12)3-6(4-16-9)10(13,14)15/h1-5H. The summed E-state index contributed by atoms with van der Waals surface area (Å²) in [4.78, 5) is 3.68. The zero-order valence-electron chi connectivity index (χ0n) is 8.17. The third-order valence-electron chi connectivity index (χ3n) is 2.05. The van der Waals surface area contributed by atoms with Crippen LogP contribution >= 0.6 is 23.2 Å². The lowest BCUT2D eigenvalue weighted by molar-refractivity contribution is -0.137. The molecule has 0 unspecified atom stereocenters. The molecule has 0 bridgehead atoms. The van der Waals surface area contributed by atoms with Crippen molar-refractivity contribution in [3.63, 3.8) is 0 Å². The maximum atomic E-state index is 12.4. The highest BCUT2D eigenvalue weighted by atomic mass is 35.5. The molecule has 0 N–H and O–H groups in total. The average Bonchev–Trinajstić information content (AvgIpc) is 2.63. The number of rotatable bonds is 1. The molecule has 7 heteroatoms. The summed E-state index contributed by atoms with van der Waals surface area (Å²) in [6.45, 7) is 0. The van der Waals surface area contributed by atoms with Crippen molar-refractivity contribution in [2.75, 3.05) is 0 Å². The van der Waals surface area contributed by atoms with Crippen LogP contribution in [-0.2, 0) is 6.18 Å². The number of pyridine rings is 1. The Morgan fingerprint density at radius 3 is 2.41 bits per heavy atom. The van der Waals surface area contributed by atoms with Gasteiger partial charge in [-0.3, -0.25) is 0 Å². The van der Waals surface area contributed by atoms with E-state index in [1.807, 2.05) is 0 Å². The summed E-state index contributed by atoms with van der Waals surface area (Å²) in [6.07, 6.45) is -0.661. The maximum Gasteiger partial charge on any atom is 0.417 e. The summed E-state index contributed by atoms with van der Waals surface area (Å²) >= 11 is 11.4. The number of aromatic nitrogens is 2. The normalized spacial score (nSPS) is 11.8. The number of nitrogens with zero attached hydrogens (tertiary/aromatic N) is 2. The number of hydrogen-bond donors (Lipinski definition) is 0. The molecule has 17 heavy (non-hydrogen) atoms. The molecule has 0 amide bonds. The second kappa shape index (κ2) is 4.23. The largest absolute Gasteiger partial charge is 0.417 e. The Labute approximate surface area is 105 Å². The highest BCUT2D eigenvalue weighted by Crippen LogP contribution is 2.32. The van der Waals surface area contributed by atoms with Gasteiger partial charge in [0, 0.05) is 18.6 Å². The van der Waals surface area contributed by atoms with Gasteiger partial charge in [-0.05, 0) is 12.1 Å². The fourth-order valence-electron chi connectivity index (χ4n) is 1.28. The first-order valence-electron chi connectivity index (χ1n) is 4.44. The van der Waals surface area contributed by atoms with Crippen molar-refractivity contribution in [2.24, 2.45) is 0 Å². The molecule has 0 saturated heterocycles. The Bertz CT molecular complexity index is 549. The molecule has 0 aliphatic heterocycles. The lowest BCUT2D eigenvalue weighted by Gasteiger charge is -2.09. The van der Waals surface area contributed by atoms with E-state index in [-0.39, 0.29) is 10.8 Å². The zero-order chi connectivity index (χ0) is 12.6. The number of alkyl halides is 3. The van der Waals surface area contributed by atoms with Gasteiger partial charge in [-0.1, -0.05) is 23.2 Å². The van der Waals surface area contributed by atoms with Gasteiger partial charge in [0.05, 0.1) is 15.6 Å². The minimum absolute atomic E-state index is 0.0907. The summed E-state index contributed by atoms with van der Waals surface area (Å²) in [5.41, 5.74) is -0.885. The Morgan fingerprint density at radius 1 is 1.24 bits per heavy atom. The van der Waals surface area contributed by atoms with Crippen LogP contribution in [0.25, 0.3) is 5.82 Å². The van der Waals surface area contributed by atoms with E-state index in [2.05, 4.69) is 4.98 Å². The number of halogens is 5. The molecule has 0 aromatic carbocycles. The minimum atomic E-state index is -4.45. The molecule has 0 aliphatic rings. The average molecular weight is 281 g/mol. The molecule has 0 aliphatic carbocycles. The molecule has 90 valence electrons. The number of hydrogen-bond acceptors (Lipinski definition) is 1. The Balaban J connectivity index is 2.45. The van der Waals surface area contributed by atoms with Gasteiger partial charge in [0.15, 0.2) is 5.82 Å². The second-order valence-corrected chi connectivity index (χ2v) is 4.11. The van der Waals surface area contributed by atoms with E-state index in [0.717, 1.165) is 12.3 Å². The molecule has 0 fully saturated rings. The van der Waals surface area contributed by atoms with Gasteiger partial charge in [-0.15, -0.1) is 0 Å². The molecule has 2 nitrogen and oxygen atoms in total. The third kappa shape index (κ3) is 2.56. The maximum absolute atomic E-state index is 12.4. The smallest absolute Gasteiger partial charge is 0.306 e. The van der Waals surface area contributed by atoms with Crippen molar-refractivity contribution in [2.45, 2.75) is 6.18 Å². The Hall–Kier alpha value is -1.20. The van der Waals surface area contributed by atoms with Gasteiger partial charge in [0.2, 0.25) is 0 Å². The van der Waals surface area contributed by atoms with Gasteiger partial charge in [0.25, 0.3) is 0 Å². The first kappa shape index (κ1) is 12.3. The first-order chi connectivity index (χ1) is 7.88. The predicted octanol–water partition coefficient (Wildman–Crippen LogP) is 4.20. The van der Waals surface area contributed by atoms with E-state index in [4.69, 9.17) is 23.2 Å². The van der Waals surface area contributed by atoms with E-state index in [1.54, 1.807) is 12.3 Å². The van der Waals surface area contributed by atoms with E-state index in [1.165, 1.54) is 10.8 Å². The van der Waals surface area contributed by atoms with Crippen molar-refractivity contribution in [1.29, 1.82) is 0 Å². The molecule has 0 atom stereocenters. The summed E-state index contributed by atoms with van der Waals surface area (Å²) < 4.78 is 38.6. The first-order valence-corrected chi connectivity index (χ1v) is 5.20. The summed E-state index contributed by atoms with van der Waals surface area (Å²) in [7, 11) is 0. The van der Waals surface area contributed by atoms with Crippen LogP contribution in [-0.4, -0.2) is 9.55 Å². The van der Waals surface area contributed by atoms with Crippen LogP contribution in [0.3, 0.4) is 0 Å². The predicted molar refractivity (Wildman–Crippen MR) is 58.6 cm³/mol. The van der Waals surface area contributed by atoms with E-state index < -0.39 is 11.7 Å². The summed E-state index contributed by atoms with van der Waals surface area (Å²) in [6, 6.07) is 2.41. The van der Waals surface area contributed by atoms with E-state index in [0.29, 0.717) is 5.02 Å². The van der Waals surface area contributed by atoms with Crippen LogP contribution in [0.2, 0.25) is 10.0 Å². The van der Waals surface area contributed by atoms with Gasteiger partial charge < -0.3 is 4.57 Å². The lowest BCUT2D eigenvalue weighted by Crippen LogP contribution is -2.07. The van der Waals surface area contributed by atoms with Crippen LogP contribution in [0.5, 0.6) is 0 Å². The fourth-order valence-corrected chi connectivity index (χ4v) is 1.70. The van der Waals surface area contributed by atoms with Crippen LogP contribution in [0.15, 0.2) is 30.7 Å². The van der Waals surface area contributed by atoms with E-state index >= 15 is 0 Å². The SMILES string of the molecule is FC(F)(F)c1cnc(-n2ccc(Cl)c2)c(Cl)c1. The summed E-state index contributed by atoms with van der Waals surface area (Å²) in [5.74, 6) is 0.201. The highest BCUT2D eigenvalue weighted by molar-refractivity contribution is 6.32. The van der Waals surface area contributed by atoms with Crippen LogP contribution in [0, 0.1) is 0 Å². The lowest BCUT2D eigenvalue weighted by atomic mass is 10.3. The highest BCUT2D eigenvalue weighted by Gasteiger charge is 2.31. The molecule has 2 heterocycles. The van der Waals surface area contributed by atoms with Gasteiger partial charge in [0.1, 0.15) is 0 Å². The van der Waals surface area contributed by atoms with Crippen LogP contribution < -0.4 is 0 Å². The Morgan fingerprint density at radius 2 is 1.94 bits per heavy atom. The molecule has 2 aromatic heterocycles. The van der Waals surface area contributed by atoms with Crippen molar-refractivity contribution >= 4 is 23.2 Å². The van der Waals surface area contributed by atoms with Crippen molar-refractivity contribution in [3.05, 3.63) is 46.3 Å². The van der Waals surface area contributed by atoms with Crippen LogP contribution in [0.4, 0.5) is 13.2 Å². The molecule has 0 spiro atoms. The quantitative estimate of drug-likeness (QED) is 0.766. The molecule has 2 rings (SSSR count). The van der Waals surface area contributed by atoms with Crippen molar-refractivity contribution < 1.29 is 13.2 Å². The minimum Gasteiger partial charge on any atom is -0.306 e. The topological polar surface area (TPSA) is 17.8 Å². The fraction of sp³-hybridized carbons (Fsp3) is 0.100. The third-order valence-corrected chi connectivity index (χ3v) is 2.55. The molecule has 0 radical (unpaired) electrons. The molecule has 2 aromatic rings. The van der Waals surface area contributed by atoms with E-state index in [9.17, 15) is 13.2 Å². The van der Waals surface area contributed by atoms with Gasteiger partial charge >= 0.3 is 6.18 Å². The van der Waals surface area contributed by atoms with Gasteiger partial charge in [-0.25, -0.2) is 4.98 Å². The molecule has 0 saturated carbocycles.